The second-order valence-corrected chi connectivity index (χ2v) is 29.7. The van der Waals surface area contributed by atoms with Crippen LogP contribution in [0.4, 0.5) is 71.4 Å². The Morgan fingerprint density at radius 1 is 0.481 bits per heavy atom. The van der Waals surface area contributed by atoms with Crippen molar-refractivity contribution in [2.24, 2.45) is 10.7 Å². The zero-order valence-corrected chi connectivity index (χ0v) is 66.5. The minimum atomic E-state index is -2.77. The van der Waals surface area contributed by atoms with E-state index in [4.69, 9.17) is 42.6 Å². The number of anilines is 1. The number of piperazine rings is 4. The number of alkyl halides is 8. The van der Waals surface area contributed by atoms with Crippen molar-refractivity contribution in [3.05, 3.63) is 131 Å². The Morgan fingerprint density at radius 2 is 0.769 bits per heavy atom. The fraction of sp³-hybridized carbons (Fsp3) is 0.605. The third-order valence-corrected chi connectivity index (χ3v) is 19.3. The SMILES string of the molecule is Cc1c(CC(=S)CN)cc(C(F)F)cc1CN1CCN(C(=O)OC(C)C)[C@@H](C)C1.Cc1c(CN2CCN(C(=O)OC(C)C)[C@@H](C)C2)cc(C(F)F)cc1N=C=S.Cc1c(CN2CCN(C(=O)OC(C)C)[C@@H](C)C2)cc(C(F)F)cc1[N+](=O)[O-].Cc1c(N)cc(C(F)F)cc1CN1CCN(C(=O)OC(C)C)[C@@H](C)C1. The molecule has 4 aliphatic heterocycles. The van der Waals surface area contributed by atoms with Gasteiger partial charge in [-0.15, -0.1) is 0 Å². The van der Waals surface area contributed by atoms with Crippen LogP contribution >= 0.6 is 24.4 Å². The Bertz CT molecular complexity index is 3660. The van der Waals surface area contributed by atoms with Gasteiger partial charge in [-0.05, 0) is 210 Å². The van der Waals surface area contributed by atoms with Crippen molar-refractivity contribution in [1.82, 2.24) is 39.2 Å². The van der Waals surface area contributed by atoms with Crippen LogP contribution in [0.15, 0.2) is 53.5 Å². The quantitative estimate of drug-likeness (QED) is 0.0150. The second-order valence-electron chi connectivity index (χ2n) is 28.9. The number of rotatable bonds is 21. The zero-order chi connectivity index (χ0) is 80.9. The number of hydrogen-bond donors (Lipinski definition) is 2. The number of ether oxygens (including phenoxy) is 4. The van der Waals surface area contributed by atoms with Crippen molar-refractivity contribution >= 4 is 75.9 Å². The summed E-state index contributed by atoms with van der Waals surface area (Å²) in [5, 5.41) is 13.4. The summed E-state index contributed by atoms with van der Waals surface area (Å²) in [5.41, 5.74) is 18.3. The lowest BCUT2D eigenvalue weighted by molar-refractivity contribution is -0.385. The van der Waals surface area contributed by atoms with Crippen molar-refractivity contribution in [3.63, 3.8) is 0 Å². The zero-order valence-electron chi connectivity index (χ0n) is 64.8. The summed E-state index contributed by atoms with van der Waals surface area (Å²) in [5.74, 6) is 0. The number of amides is 4. The smallest absolute Gasteiger partial charge is 0.410 e. The molecule has 0 aliphatic carbocycles. The first-order chi connectivity index (χ1) is 50.6. The Balaban J connectivity index is 0.000000258. The van der Waals surface area contributed by atoms with E-state index in [-0.39, 0.29) is 107 Å². The molecule has 4 aromatic rings. The van der Waals surface area contributed by atoms with Gasteiger partial charge < -0.3 is 50.0 Å². The Kier molecular flexibility index (Phi) is 35.7. The van der Waals surface area contributed by atoms with Crippen LogP contribution in [0.3, 0.4) is 0 Å². The Labute approximate surface area is 640 Å². The van der Waals surface area contributed by atoms with E-state index >= 15 is 0 Å². The summed E-state index contributed by atoms with van der Waals surface area (Å²) in [7, 11) is 0. The molecule has 0 bridgehead atoms. The van der Waals surface area contributed by atoms with E-state index in [1.807, 2.05) is 94.9 Å². The summed E-state index contributed by atoms with van der Waals surface area (Å²) in [6, 6.07) is 11.0. The van der Waals surface area contributed by atoms with E-state index in [1.54, 1.807) is 46.4 Å². The van der Waals surface area contributed by atoms with Crippen molar-refractivity contribution < 1.29 is 78.2 Å². The van der Waals surface area contributed by atoms with Gasteiger partial charge in [0.25, 0.3) is 31.4 Å². The normalized spacial score (nSPS) is 18.2. The van der Waals surface area contributed by atoms with E-state index in [9.17, 15) is 64.4 Å². The highest BCUT2D eigenvalue weighted by Gasteiger charge is 2.35. The first-order valence-corrected chi connectivity index (χ1v) is 37.1. The largest absolute Gasteiger partial charge is 0.447 e. The number of nitro groups is 1. The van der Waals surface area contributed by atoms with Crippen LogP contribution in [-0.2, 0) is 51.5 Å². The van der Waals surface area contributed by atoms with Gasteiger partial charge in [0.2, 0.25) is 0 Å². The first kappa shape index (κ1) is 90.9. The van der Waals surface area contributed by atoms with Crippen LogP contribution in [-0.4, -0.2) is 212 Å². The number of nitrogen functional groups attached to an aromatic ring is 1. The molecule has 0 spiro atoms. The number of halogens is 8. The molecule has 0 saturated carbocycles. The van der Waals surface area contributed by atoms with Crippen molar-refractivity contribution in [2.75, 3.05) is 90.8 Å². The number of thiocarbonyl (C=S) groups is 2. The lowest BCUT2D eigenvalue weighted by Gasteiger charge is -2.39. The van der Waals surface area contributed by atoms with E-state index in [0.29, 0.717) is 139 Å². The minimum absolute atomic E-state index is 0.00376. The van der Waals surface area contributed by atoms with Gasteiger partial charge in [0, 0.05) is 186 Å². The maximum Gasteiger partial charge on any atom is 0.410 e. The molecule has 0 unspecified atom stereocenters. The minimum Gasteiger partial charge on any atom is -0.447 e. The molecule has 4 saturated heterocycles. The average molecular weight is 1570 g/mol. The fourth-order valence-electron chi connectivity index (χ4n) is 13.1. The molecule has 8 rings (SSSR count). The third-order valence-electron chi connectivity index (χ3n) is 18.9. The van der Waals surface area contributed by atoms with Gasteiger partial charge in [0.05, 0.1) is 40.2 Å². The van der Waals surface area contributed by atoms with E-state index in [2.05, 4.69) is 37.1 Å². The third kappa shape index (κ3) is 27.1. The molecular weight excluding hydrogens is 1460 g/mol. The Hall–Kier alpha value is -7.71. The van der Waals surface area contributed by atoms with Crippen molar-refractivity contribution in [2.45, 2.75) is 218 Å². The molecule has 4 heterocycles. The monoisotopic (exact) mass is 1560 g/mol. The molecule has 22 nitrogen and oxygen atoms in total. The number of carbonyl (C=O) groups excluding carboxylic acids is 4. The van der Waals surface area contributed by atoms with Gasteiger partial charge in [-0.3, -0.25) is 29.7 Å². The van der Waals surface area contributed by atoms with E-state index in [1.165, 1.54) is 36.4 Å². The van der Waals surface area contributed by atoms with Crippen LogP contribution in [0, 0.1) is 37.8 Å². The number of benzene rings is 4. The first-order valence-electron chi connectivity index (χ1n) is 36.3. The summed E-state index contributed by atoms with van der Waals surface area (Å²) >= 11 is 9.85. The van der Waals surface area contributed by atoms with Crippen molar-refractivity contribution in [3.8, 4) is 0 Å². The number of carbonyl (C=O) groups is 4. The summed E-state index contributed by atoms with van der Waals surface area (Å²) in [6.07, 6.45) is -12.0. The van der Waals surface area contributed by atoms with E-state index in [0.717, 1.165) is 45.0 Å². The van der Waals surface area contributed by atoms with Gasteiger partial charge in [-0.1, -0.05) is 12.2 Å². The van der Waals surface area contributed by atoms with Gasteiger partial charge in [0.15, 0.2) is 0 Å². The summed E-state index contributed by atoms with van der Waals surface area (Å²) in [6.45, 7) is 38.7. The number of nitrogens with two attached hydrogens (primary N) is 2. The standard InChI is InChI=1S/C21H31F2N3O2S.C19H25F2N3O2S.C18H25F2N3O4.C18H27F2N3O2/c1-13(2)28-21(27)26-6-5-25(11-14(26)3)12-18-8-17(20(22)23)7-16(15(18)4)9-19(29)10-24;1-12(2)26-19(25)24-6-5-23(9-13(24)3)10-16-7-15(18(20)21)8-17(14(16)4)22-11-27;1-11(2)27-18(24)22-6-5-21(9-12(22)3)10-15-7-14(17(19)20)8-16(13(15)4)23(25)26;1-11(2)25-18(24)23-6-5-22(9-12(23)3)10-15-7-14(17(19)20)8-16(21)13(15)4/h7-8,13-14,20H,5-6,9-12,24H2,1-4H3;7-8,12-13,18H,5-6,9-10H2,1-4H3;7-8,11-12,17H,5-6,9-10H2,1-4H3;7-8,11-12,17H,5-6,9-10,21H2,1-4H3/t14-;13-;2*12-/m0000/s1. The fourth-order valence-corrected chi connectivity index (χ4v) is 13.3. The van der Waals surface area contributed by atoms with Crippen molar-refractivity contribution in [1.29, 1.82) is 0 Å². The number of nitro benzene ring substituents is 1. The topological polar surface area (TPSA) is 239 Å². The summed E-state index contributed by atoms with van der Waals surface area (Å²) < 4.78 is 127. The average Bonchev–Trinajstić information content (AvgIpc) is 0.823. The van der Waals surface area contributed by atoms with Crippen LogP contribution in [0.25, 0.3) is 0 Å². The predicted molar refractivity (Wildman–Crippen MR) is 408 cm³/mol. The van der Waals surface area contributed by atoms with Gasteiger partial charge in [-0.2, -0.15) is 4.99 Å². The van der Waals surface area contributed by atoms with Crippen LogP contribution < -0.4 is 11.5 Å². The Morgan fingerprint density at radius 3 is 1.06 bits per heavy atom. The molecule has 32 heteroatoms. The highest BCUT2D eigenvalue weighted by atomic mass is 32.1. The lowest BCUT2D eigenvalue weighted by atomic mass is 9.95. The molecule has 0 radical (unpaired) electrons. The van der Waals surface area contributed by atoms with Gasteiger partial charge in [0.1, 0.15) is 0 Å². The molecule has 4 amide bonds. The number of hydrogen-bond acceptors (Lipinski definition) is 19. The number of nitrogens with zero attached hydrogens (tertiary/aromatic N) is 10. The molecule has 0 aromatic heterocycles. The van der Waals surface area contributed by atoms with Gasteiger partial charge >= 0.3 is 24.4 Å². The highest BCUT2D eigenvalue weighted by molar-refractivity contribution is 7.80. The molecule has 4 aromatic carbocycles. The molecule has 108 heavy (non-hydrogen) atoms. The molecule has 4 fully saturated rings. The molecule has 4 atom stereocenters. The predicted octanol–water partition coefficient (Wildman–Crippen LogP) is 16.0. The molecule has 600 valence electrons. The second kappa shape index (κ2) is 42.5. The van der Waals surface area contributed by atoms with E-state index < -0.39 is 30.6 Å². The van der Waals surface area contributed by atoms with Crippen LogP contribution in [0.2, 0.25) is 0 Å². The maximum absolute atomic E-state index is 13.4. The van der Waals surface area contributed by atoms with Crippen LogP contribution in [0.1, 0.15) is 181 Å². The number of isothiocyanates is 1. The van der Waals surface area contributed by atoms with Crippen LogP contribution in [0.5, 0.6) is 0 Å². The lowest BCUT2D eigenvalue weighted by Crippen LogP contribution is -2.54. The highest BCUT2D eigenvalue weighted by Crippen LogP contribution is 2.35. The maximum atomic E-state index is 13.4. The van der Waals surface area contributed by atoms with Gasteiger partial charge in [-0.25, -0.2) is 54.3 Å². The molecular formula is C76H108F8N12O10S2. The molecule has 4 aliphatic rings. The summed E-state index contributed by atoms with van der Waals surface area (Å²) in [4.78, 5) is 79.0. The molecule has 4 N–H and O–H groups in total. The number of aliphatic imine (C=N–C) groups is 1.